The van der Waals surface area contributed by atoms with Crippen LogP contribution in [0.2, 0.25) is 5.02 Å². The lowest BCUT2D eigenvalue weighted by Crippen LogP contribution is -2.40. The first-order chi connectivity index (χ1) is 15.3. The number of carbonyl (C=O) groups is 1. The van der Waals surface area contributed by atoms with Crippen LogP contribution in [0, 0.1) is 12.7 Å². The molecule has 168 valence electrons. The van der Waals surface area contributed by atoms with E-state index in [0.29, 0.717) is 30.8 Å². The molecule has 1 aliphatic heterocycles. The second kappa shape index (κ2) is 9.12. The summed E-state index contributed by atoms with van der Waals surface area (Å²) in [5.41, 5.74) is 1.76. The average Bonchev–Trinajstić information content (AvgIpc) is 3.21. The lowest BCUT2D eigenvalue weighted by atomic mass is 10.1. The lowest BCUT2D eigenvalue weighted by Gasteiger charge is -2.24. The Morgan fingerprint density at radius 1 is 1.28 bits per heavy atom. The Kier molecular flexibility index (Phi) is 6.27. The Labute approximate surface area is 189 Å². The molecular formula is C22H23ClFN5O3. The lowest BCUT2D eigenvalue weighted by molar-refractivity contribution is -0.123. The number of nitrogens with zero attached hydrogens (tertiary/aromatic N) is 3. The molecule has 1 amide bonds. The van der Waals surface area contributed by atoms with Gasteiger partial charge in [-0.25, -0.2) is 9.37 Å². The summed E-state index contributed by atoms with van der Waals surface area (Å²) in [6, 6.07) is 6.46. The van der Waals surface area contributed by atoms with Gasteiger partial charge in [0.1, 0.15) is 11.9 Å². The normalized spacial score (nSPS) is 16.2. The van der Waals surface area contributed by atoms with Gasteiger partial charge in [-0.3, -0.25) is 4.79 Å². The van der Waals surface area contributed by atoms with E-state index in [1.807, 2.05) is 32.9 Å². The Morgan fingerprint density at radius 2 is 2.09 bits per heavy atom. The minimum absolute atomic E-state index is 0.0118. The molecule has 0 spiro atoms. The van der Waals surface area contributed by atoms with Crippen molar-refractivity contribution in [3.05, 3.63) is 40.8 Å². The van der Waals surface area contributed by atoms with Gasteiger partial charge in [-0.2, -0.15) is 4.98 Å². The maximum absolute atomic E-state index is 14.7. The van der Waals surface area contributed by atoms with Crippen LogP contribution in [-0.2, 0) is 4.79 Å². The molecule has 0 unspecified atom stereocenters. The number of pyridine rings is 1. The highest BCUT2D eigenvalue weighted by atomic mass is 35.5. The van der Waals surface area contributed by atoms with E-state index < -0.39 is 5.82 Å². The van der Waals surface area contributed by atoms with Crippen molar-refractivity contribution in [2.45, 2.75) is 45.8 Å². The molecule has 2 aromatic heterocycles. The van der Waals surface area contributed by atoms with Crippen molar-refractivity contribution in [3.8, 4) is 28.6 Å². The van der Waals surface area contributed by atoms with E-state index in [-0.39, 0.29) is 46.1 Å². The van der Waals surface area contributed by atoms with Crippen LogP contribution in [0.25, 0.3) is 22.8 Å². The molecule has 1 saturated heterocycles. The summed E-state index contributed by atoms with van der Waals surface area (Å²) in [7, 11) is 0. The maximum Gasteiger partial charge on any atom is 0.258 e. The molecule has 3 heterocycles. The first kappa shape index (κ1) is 22.0. The number of halogens is 2. The summed E-state index contributed by atoms with van der Waals surface area (Å²) in [6.07, 6.45) is 0.536. The van der Waals surface area contributed by atoms with Gasteiger partial charge in [0.25, 0.3) is 5.89 Å². The molecule has 1 aromatic carbocycles. The van der Waals surface area contributed by atoms with E-state index in [1.54, 1.807) is 0 Å². The van der Waals surface area contributed by atoms with Crippen LogP contribution < -0.4 is 15.4 Å². The van der Waals surface area contributed by atoms with Crippen LogP contribution >= 0.6 is 11.6 Å². The highest BCUT2D eigenvalue weighted by Gasteiger charge is 2.23. The fourth-order valence-electron chi connectivity index (χ4n) is 3.39. The first-order valence-corrected chi connectivity index (χ1v) is 10.7. The maximum atomic E-state index is 14.7. The summed E-state index contributed by atoms with van der Waals surface area (Å²) >= 11 is 6.38. The average molecular weight is 460 g/mol. The summed E-state index contributed by atoms with van der Waals surface area (Å²) in [5.74, 6) is 0.496. The van der Waals surface area contributed by atoms with Crippen molar-refractivity contribution in [3.63, 3.8) is 0 Å². The fourth-order valence-corrected chi connectivity index (χ4v) is 3.63. The minimum Gasteiger partial charge on any atom is -0.485 e. The van der Waals surface area contributed by atoms with Crippen molar-refractivity contribution in [1.29, 1.82) is 0 Å². The molecule has 1 fully saturated rings. The van der Waals surface area contributed by atoms with Gasteiger partial charge < -0.3 is 19.9 Å². The molecule has 10 heteroatoms. The van der Waals surface area contributed by atoms with Gasteiger partial charge in [0, 0.05) is 35.3 Å². The van der Waals surface area contributed by atoms with Gasteiger partial charge in [0.05, 0.1) is 11.6 Å². The zero-order chi connectivity index (χ0) is 22.8. The highest BCUT2D eigenvalue weighted by Crippen LogP contribution is 2.34. The van der Waals surface area contributed by atoms with Crippen LogP contribution in [0.1, 0.15) is 32.4 Å². The van der Waals surface area contributed by atoms with Gasteiger partial charge in [0.2, 0.25) is 11.7 Å². The zero-order valence-corrected chi connectivity index (χ0v) is 18.7. The molecular weight excluding hydrogens is 437 g/mol. The molecule has 0 saturated carbocycles. The van der Waals surface area contributed by atoms with E-state index in [2.05, 4.69) is 25.8 Å². The van der Waals surface area contributed by atoms with E-state index in [1.165, 1.54) is 12.1 Å². The monoisotopic (exact) mass is 459 g/mol. The quantitative estimate of drug-likeness (QED) is 0.564. The largest absolute Gasteiger partial charge is 0.485 e. The Hall–Kier alpha value is -3.20. The molecule has 8 nitrogen and oxygen atoms in total. The number of nitrogens with one attached hydrogen (secondary N) is 2. The van der Waals surface area contributed by atoms with Gasteiger partial charge in [0.15, 0.2) is 11.6 Å². The van der Waals surface area contributed by atoms with E-state index in [0.717, 1.165) is 5.69 Å². The number of hydrogen-bond acceptors (Lipinski definition) is 7. The summed E-state index contributed by atoms with van der Waals surface area (Å²) in [4.78, 5) is 20.1. The molecule has 4 rings (SSSR count). The molecule has 3 aromatic rings. The topological polar surface area (TPSA) is 102 Å². The zero-order valence-electron chi connectivity index (χ0n) is 17.9. The number of rotatable bonds is 6. The molecule has 2 N–H and O–H groups in total. The van der Waals surface area contributed by atoms with Gasteiger partial charge in [-0.1, -0.05) is 16.8 Å². The number of amides is 1. The first-order valence-electron chi connectivity index (χ1n) is 10.3. The number of aromatic nitrogens is 3. The number of ether oxygens (including phenoxy) is 1. The molecule has 1 atom stereocenters. The van der Waals surface area contributed by atoms with Crippen LogP contribution in [0.15, 0.2) is 28.8 Å². The Balaban J connectivity index is 1.57. The number of carbonyl (C=O) groups excluding carboxylic acids is 1. The van der Waals surface area contributed by atoms with Crippen molar-refractivity contribution >= 4 is 23.3 Å². The SMILES string of the molecule is Cc1cc(-c2nc(-c3cc(F)c(O[C@@H]4CCC(=O)NC4)cc3Cl)no2)cc(NC(C)C)n1. The number of piperidine rings is 1. The fraction of sp³-hybridized carbons (Fsp3) is 0.364. The Morgan fingerprint density at radius 3 is 2.81 bits per heavy atom. The third-order valence-electron chi connectivity index (χ3n) is 4.84. The third-order valence-corrected chi connectivity index (χ3v) is 5.15. The summed E-state index contributed by atoms with van der Waals surface area (Å²) < 4.78 is 25.8. The molecule has 32 heavy (non-hydrogen) atoms. The summed E-state index contributed by atoms with van der Waals surface area (Å²) in [6.45, 7) is 6.23. The molecule has 1 aliphatic rings. The van der Waals surface area contributed by atoms with Crippen molar-refractivity contribution < 1.29 is 18.4 Å². The third kappa shape index (κ3) is 4.99. The van der Waals surface area contributed by atoms with Crippen LogP contribution in [-0.4, -0.2) is 39.7 Å². The van der Waals surface area contributed by atoms with Gasteiger partial charge in [-0.15, -0.1) is 0 Å². The van der Waals surface area contributed by atoms with Crippen LogP contribution in [0.3, 0.4) is 0 Å². The molecule has 0 aliphatic carbocycles. The van der Waals surface area contributed by atoms with Crippen molar-refractivity contribution in [1.82, 2.24) is 20.4 Å². The van der Waals surface area contributed by atoms with Crippen molar-refractivity contribution in [2.75, 3.05) is 11.9 Å². The second-order valence-corrected chi connectivity index (χ2v) is 8.36. The predicted molar refractivity (Wildman–Crippen MR) is 118 cm³/mol. The van der Waals surface area contributed by atoms with Gasteiger partial charge >= 0.3 is 0 Å². The van der Waals surface area contributed by atoms with E-state index >= 15 is 0 Å². The van der Waals surface area contributed by atoms with Crippen LogP contribution in [0.4, 0.5) is 10.2 Å². The predicted octanol–water partition coefficient (Wildman–Crippen LogP) is 4.38. The number of benzene rings is 1. The molecule has 0 radical (unpaired) electrons. The smallest absolute Gasteiger partial charge is 0.258 e. The number of anilines is 1. The van der Waals surface area contributed by atoms with E-state index in [4.69, 9.17) is 20.9 Å². The molecule has 0 bridgehead atoms. The van der Waals surface area contributed by atoms with Crippen LogP contribution in [0.5, 0.6) is 5.75 Å². The Bertz CT molecular complexity index is 1140. The van der Waals surface area contributed by atoms with E-state index in [9.17, 15) is 9.18 Å². The minimum atomic E-state index is -0.601. The van der Waals surface area contributed by atoms with Crippen molar-refractivity contribution in [2.24, 2.45) is 0 Å². The highest BCUT2D eigenvalue weighted by molar-refractivity contribution is 6.33. The number of hydrogen-bond donors (Lipinski definition) is 2. The number of aryl methyl sites for hydroxylation is 1. The second-order valence-electron chi connectivity index (χ2n) is 7.95. The van der Waals surface area contributed by atoms with Gasteiger partial charge in [-0.05, 0) is 45.4 Å². The standard InChI is InChI=1S/C22H23ClFN5O3/c1-11(2)26-19-7-13(6-12(3)27-19)22-28-21(29-32-22)15-8-17(24)18(9-16(15)23)31-14-4-5-20(30)25-10-14/h6-9,11,14H,4-5,10H2,1-3H3,(H,25,30)(H,26,27)/t14-/m1/s1. The summed E-state index contributed by atoms with van der Waals surface area (Å²) in [5, 5.41) is 10.1.